The Morgan fingerprint density at radius 3 is 2.82 bits per heavy atom. The van der Waals surface area contributed by atoms with E-state index < -0.39 is 5.97 Å². The van der Waals surface area contributed by atoms with Crippen LogP contribution >= 0.6 is 0 Å². The van der Waals surface area contributed by atoms with Crippen molar-refractivity contribution in [3.8, 4) is 11.8 Å². The Morgan fingerprint density at radius 1 is 1.59 bits per heavy atom. The van der Waals surface area contributed by atoms with Crippen molar-refractivity contribution in [1.82, 2.24) is 0 Å². The minimum Gasteiger partial charge on any atom is -0.496 e. The monoisotopic (exact) mass is 231 g/mol. The number of carbonyl (C=O) groups is 1. The van der Waals surface area contributed by atoms with Gasteiger partial charge in [-0.05, 0) is 30.2 Å². The predicted octanol–water partition coefficient (Wildman–Crippen LogP) is 2.17. The van der Waals surface area contributed by atoms with Crippen LogP contribution in [0.15, 0.2) is 18.2 Å². The van der Waals surface area contributed by atoms with Gasteiger partial charge in [-0.2, -0.15) is 5.26 Å². The average Bonchev–Trinajstić information content (AvgIpc) is 2.30. The number of carboxylic acids is 1. The van der Waals surface area contributed by atoms with Gasteiger partial charge in [-0.3, -0.25) is 0 Å². The van der Waals surface area contributed by atoms with Crippen LogP contribution in [-0.4, -0.2) is 18.2 Å². The first-order valence-electron chi connectivity index (χ1n) is 5.04. The molecule has 17 heavy (non-hydrogen) atoms. The van der Waals surface area contributed by atoms with E-state index in [4.69, 9.17) is 15.1 Å². The van der Waals surface area contributed by atoms with Gasteiger partial charge in [0.25, 0.3) is 0 Å². The second-order valence-corrected chi connectivity index (χ2v) is 3.47. The van der Waals surface area contributed by atoms with Crippen molar-refractivity contribution in [2.45, 2.75) is 13.3 Å². The second-order valence-electron chi connectivity index (χ2n) is 3.47. The molecule has 0 fully saturated rings. The molecule has 0 unspecified atom stereocenters. The van der Waals surface area contributed by atoms with Gasteiger partial charge < -0.3 is 9.84 Å². The Kier molecular flexibility index (Phi) is 4.29. The smallest absolute Gasteiger partial charge is 0.328 e. The molecule has 0 aliphatic carbocycles. The molecule has 4 heteroatoms. The van der Waals surface area contributed by atoms with Crippen molar-refractivity contribution in [2.75, 3.05) is 7.11 Å². The van der Waals surface area contributed by atoms with Gasteiger partial charge in [0.2, 0.25) is 0 Å². The molecular weight excluding hydrogens is 218 g/mol. The third kappa shape index (κ3) is 3.08. The van der Waals surface area contributed by atoms with Gasteiger partial charge in [-0.1, -0.05) is 6.07 Å². The molecule has 1 rings (SSSR count). The molecule has 0 saturated carbocycles. The van der Waals surface area contributed by atoms with Crippen molar-refractivity contribution in [3.63, 3.8) is 0 Å². The highest BCUT2D eigenvalue weighted by Crippen LogP contribution is 2.26. The zero-order valence-electron chi connectivity index (χ0n) is 9.73. The molecule has 0 heterocycles. The van der Waals surface area contributed by atoms with E-state index in [2.05, 4.69) is 6.07 Å². The van der Waals surface area contributed by atoms with Crippen LogP contribution in [0.3, 0.4) is 0 Å². The molecule has 0 amide bonds. The summed E-state index contributed by atoms with van der Waals surface area (Å²) in [5.74, 6) is -0.349. The SMILES string of the molecule is COc1ccc(/C=C/C(=O)O)c(C)c1CC#N. The molecule has 88 valence electrons. The largest absolute Gasteiger partial charge is 0.496 e. The molecule has 1 aromatic rings. The highest BCUT2D eigenvalue weighted by Gasteiger charge is 2.08. The van der Waals surface area contributed by atoms with Crippen LogP contribution in [0.25, 0.3) is 6.08 Å². The maximum Gasteiger partial charge on any atom is 0.328 e. The van der Waals surface area contributed by atoms with E-state index in [0.717, 1.165) is 22.8 Å². The van der Waals surface area contributed by atoms with E-state index in [1.165, 1.54) is 6.08 Å². The van der Waals surface area contributed by atoms with Gasteiger partial charge in [0.05, 0.1) is 19.6 Å². The number of rotatable bonds is 4. The fourth-order valence-electron chi connectivity index (χ4n) is 1.58. The fraction of sp³-hybridized carbons (Fsp3) is 0.231. The third-order valence-corrected chi connectivity index (χ3v) is 2.48. The van der Waals surface area contributed by atoms with Crippen LogP contribution in [-0.2, 0) is 11.2 Å². The summed E-state index contributed by atoms with van der Waals surface area (Å²) < 4.78 is 5.17. The molecule has 1 N–H and O–H groups in total. The first-order chi connectivity index (χ1) is 8.10. The van der Waals surface area contributed by atoms with Gasteiger partial charge in [-0.15, -0.1) is 0 Å². The summed E-state index contributed by atoms with van der Waals surface area (Å²) in [6.45, 7) is 1.84. The molecule has 1 aromatic carbocycles. The minimum absolute atomic E-state index is 0.240. The van der Waals surface area contributed by atoms with Crippen LogP contribution < -0.4 is 4.74 Å². The normalized spacial score (nSPS) is 10.2. The molecule has 0 radical (unpaired) electrons. The highest BCUT2D eigenvalue weighted by atomic mass is 16.5. The molecule has 0 saturated heterocycles. The lowest BCUT2D eigenvalue weighted by Crippen LogP contribution is -1.97. The summed E-state index contributed by atoms with van der Waals surface area (Å²) in [5.41, 5.74) is 2.43. The lowest BCUT2D eigenvalue weighted by molar-refractivity contribution is -0.131. The van der Waals surface area contributed by atoms with Gasteiger partial charge >= 0.3 is 5.97 Å². The second kappa shape index (κ2) is 5.71. The first-order valence-corrected chi connectivity index (χ1v) is 5.04. The van der Waals surface area contributed by atoms with E-state index in [-0.39, 0.29) is 6.42 Å². The van der Waals surface area contributed by atoms with Crippen LogP contribution in [0.4, 0.5) is 0 Å². The maximum absolute atomic E-state index is 10.5. The summed E-state index contributed by atoms with van der Waals surface area (Å²) in [7, 11) is 1.54. The van der Waals surface area contributed by atoms with Gasteiger partial charge in [0, 0.05) is 11.6 Å². The lowest BCUT2D eigenvalue weighted by atomic mass is 9.99. The summed E-state index contributed by atoms with van der Waals surface area (Å²) in [6, 6.07) is 5.58. The number of nitriles is 1. The number of aliphatic carboxylic acids is 1. The Balaban J connectivity index is 3.23. The van der Waals surface area contributed by atoms with Gasteiger partial charge in [-0.25, -0.2) is 4.79 Å². The third-order valence-electron chi connectivity index (χ3n) is 2.48. The summed E-state index contributed by atoms with van der Waals surface area (Å²) >= 11 is 0. The highest BCUT2D eigenvalue weighted by molar-refractivity contribution is 5.85. The Labute approximate surface area is 99.8 Å². The van der Waals surface area contributed by atoms with Gasteiger partial charge in [0.1, 0.15) is 5.75 Å². The van der Waals surface area contributed by atoms with E-state index in [1.54, 1.807) is 19.2 Å². The van der Waals surface area contributed by atoms with Crippen LogP contribution in [0.5, 0.6) is 5.75 Å². The number of benzene rings is 1. The average molecular weight is 231 g/mol. The van der Waals surface area contributed by atoms with E-state index in [0.29, 0.717) is 5.75 Å². The zero-order valence-corrected chi connectivity index (χ0v) is 9.73. The van der Waals surface area contributed by atoms with E-state index in [9.17, 15) is 4.79 Å². The Hall–Kier alpha value is -2.28. The van der Waals surface area contributed by atoms with Crippen molar-refractivity contribution >= 4 is 12.0 Å². The minimum atomic E-state index is -0.998. The molecule has 0 spiro atoms. The molecule has 0 bridgehead atoms. The number of nitrogens with zero attached hydrogens (tertiary/aromatic N) is 1. The van der Waals surface area contributed by atoms with E-state index in [1.807, 2.05) is 6.92 Å². The molecule has 4 nitrogen and oxygen atoms in total. The zero-order chi connectivity index (χ0) is 12.8. The van der Waals surface area contributed by atoms with Gasteiger partial charge in [0.15, 0.2) is 0 Å². The standard InChI is InChI=1S/C13H13NO3/c1-9-10(4-6-13(15)16)3-5-12(17-2)11(9)7-8-14/h3-6H,7H2,1-2H3,(H,15,16)/b6-4+. The lowest BCUT2D eigenvalue weighted by Gasteiger charge is -2.11. The Morgan fingerprint density at radius 2 is 2.29 bits per heavy atom. The quantitative estimate of drug-likeness (QED) is 0.806. The molecule has 0 atom stereocenters. The van der Waals surface area contributed by atoms with Crippen molar-refractivity contribution in [1.29, 1.82) is 5.26 Å². The molecule has 0 aromatic heterocycles. The van der Waals surface area contributed by atoms with Crippen molar-refractivity contribution in [3.05, 3.63) is 34.9 Å². The van der Waals surface area contributed by atoms with Crippen molar-refractivity contribution < 1.29 is 14.6 Å². The molecule has 0 aliphatic heterocycles. The number of ether oxygens (including phenoxy) is 1. The summed E-state index contributed by atoms with van der Waals surface area (Å²) in [6.07, 6.45) is 2.83. The van der Waals surface area contributed by atoms with Crippen LogP contribution in [0, 0.1) is 18.3 Å². The number of carboxylic acid groups (broad SMARTS) is 1. The Bertz CT molecular complexity index is 498. The fourth-order valence-corrected chi connectivity index (χ4v) is 1.58. The predicted molar refractivity (Wildman–Crippen MR) is 63.7 cm³/mol. The van der Waals surface area contributed by atoms with E-state index >= 15 is 0 Å². The summed E-state index contributed by atoms with van der Waals surface area (Å²) in [4.78, 5) is 10.5. The number of hydrogen-bond acceptors (Lipinski definition) is 3. The topological polar surface area (TPSA) is 70.3 Å². The first kappa shape index (κ1) is 12.8. The van der Waals surface area contributed by atoms with Crippen LogP contribution in [0.2, 0.25) is 0 Å². The molecule has 0 aliphatic rings. The number of methoxy groups -OCH3 is 1. The summed E-state index contributed by atoms with van der Waals surface area (Å²) in [5, 5.41) is 17.3. The van der Waals surface area contributed by atoms with Crippen molar-refractivity contribution in [2.24, 2.45) is 0 Å². The van der Waals surface area contributed by atoms with Crippen LogP contribution in [0.1, 0.15) is 16.7 Å². The number of hydrogen-bond donors (Lipinski definition) is 1. The molecular formula is C13H13NO3. The maximum atomic E-state index is 10.5.